The molecule has 1 saturated heterocycles. The maximum atomic E-state index is 12.2. The highest BCUT2D eigenvalue weighted by Crippen LogP contribution is 2.39. The Bertz CT molecular complexity index is 333. The third kappa shape index (κ3) is 2.76. The Morgan fingerprint density at radius 3 is 2.17 bits per heavy atom. The van der Waals surface area contributed by atoms with E-state index in [0.29, 0.717) is 0 Å². The summed E-state index contributed by atoms with van der Waals surface area (Å²) in [6.07, 6.45) is 6.12. The van der Waals surface area contributed by atoms with Crippen molar-refractivity contribution in [3.63, 3.8) is 0 Å². The van der Waals surface area contributed by atoms with Crippen LogP contribution in [0.5, 0.6) is 0 Å². The number of carboxylic acids is 1. The molecule has 0 aromatic rings. The molecule has 0 bridgehead atoms. The molecule has 0 spiro atoms. The summed E-state index contributed by atoms with van der Waals surface area (Å²) in [5.41, 5.74) is -1.09. The number of amides is 2. The van der Waals surface area contributed by atoms with E-state index in [-0.39, 0.29) is 11.9 Å². The summed E-state index contributed by atoms with van der Waals surface area (Å²) in [7, 11) is 0. The van der Waals surface area contributed by atoms with Crippen LogP contribution in [-0.2, 0) is 4.79 Å². The molecule has 0 radical (unpaired) electrons. The van der Waals surface area contributed by atoms with Crippen molar-refractivity contribution in [1.29, 1.82) is 0 Å². The van der Waals surface area contributed by atoms with Crippen LogP contribution >= 0.6 is 0 Å². The van der Waals surface area contributed by atoms with E-state index in [1.165, 1.54) is 0 Å². The lowest BCUT2D eigenvalue weighted by molar-refractivity contribution is -0.144. The van der Waals surface area contributed by atoms with Crippen LogP contribution in [0.1, 0.15) is 45.4 Å². The Kier molecular flexibility index (Phi) is 3.78. The zero-order chi connectivity index (χ0) is 13.2. The van der Waals surface area contributed by atoms with Crippen molar-refractivity contribution in [2.75, 3.05) is 13.1 Å². The van der Waals surface area contributed by atoms with Gasteiger partial charge in [0.2, 0.25) is 0 Å². The van der Waals surface area contributed by atoms with Crippen LogP contribution in [0.25, 0.3) is 0 Å². The molecule has 1 aliphatic heterocycles. The molecular formula is C13H22N2O3. The number of rotatable bonds is 3. The molecule has 2 rings (SSSR count). The molecule has 2 N–H and O–H groups in total. The van der Waals surface area contributed by atoms with Crippen LogP contribution in [0.2, 0.25) is 0 Å². The Morgan fingerprint density at radius 2 is 1.72 bits per heavy atom. The van der Waals surface area contributed by atoms with Crippen LogP contribution in [0.3, 0.4) is 0 Å². The second-order valence-corrected chi connectivity index (χ2v) is 5.61. The first-order chi connectivity index (χ1) is 8.54. The number of aliphatic carboxylic acids is 1. The van der Waals surface area contributed by atoms with Gasteiger partial charge in [0.1, 0.15) is 5.54 Å². The fourth-order valence-electron chi connectivity index (χ4n) is 2.57. The minimum absolute atomic E-state index is 0.0888. The zero-order valence-electron chi connectivity index (χ0n) is 10.9. The Balaban J connectivity index is 1.97. The summed E-state index contributed by atoms with van der Waals surface area (Å²) < 4.78 is 0. The van der Waals surface area contributed by atoms with Crippen molar-refractivity contribution in [2.45, 2.75) is 51.0 Å². The van der Waals surface area contributed by atoms with Gasteiger partial charge in [0.15, 0.2) is 0 Å². The summed E-state index contributed by atoms with van der Waals surface area (Å²) in [5.74, 6) is -0.834. The summed E-state index contributed by atoms with van der Waals surface area (Å²) in [5, 5.41) is 12.1. The van der Waals surface area contributed by atoms with E-state index in [1.54, 1.807) is 11.8 Å². The van der Waals surface area contributed by atoms with Crippen LogP contribution in [-0.4, -0.2) is 40.6 Å². The van der Waals surface area contributed by atoms with Crippen molar-refractivity contribution in [2.24, 2.45) is 5.92 Å². The number of likely N-dealkylation sites (tertiary alicyclic amines) is 1. The van der Waals surface area contributed by atoms with E-state index in [2.05, 4.69) is 5.32 Å². The van der Waals surface area contributed by atoms with Crippen molar-refractivity contribution < 1.29 is 14.7 Å². The normalized spacial score (nSPS) is 23.9. The Hall–Kier alpha value is -1.26. The molecule has 2 fully saturated rings. The smallest absolute Gasteiger partial charge is 0.329 e. The number of hydrogen-bond donors (Lipinski definition) is 2. The standard InChI is InChI=1S/C13H22N2O3/c1-13(11(16)17,10-6-7-10)14-12(18)15-8-4-2-3-5-9-15/h10H,2-9H2,1H3,(H,14,18)(H,16,17). The summed E-state index contributed by atoms with van der Waals surface area (Å²) in [6, 6.07) is -0.214. The van der Waals surface area contributed by atoms with Gasteiger partial charge in [-0.25, -0.2) is 9.59 Å². The van der Waals surface area contributed by atoms with Gasteiger partial charge < -0.3 is 15.3 Å². The van der Waals surface area contributed by atoms with E-state index in [0.717, 1.165) is 51.6 Å². The van der Waals surface area contributed by atoms with Gasteiger partial charge in [0.05, 0.1) is 0 Å². The van der Waals surface area contributed by atoms with Crippen LogP contribution in [0, 0.1) is 5.92 Å². The second-order valence-electron chi connectivity index (χ2n) is 5.61. The van der Waals surface area contributed by atoms with Crippen molar-refractivity contribution in [3.8, 4) is 0 Å². The third-order valence-corrected chi connectivity index (χ3v) is 4.10. The molecule has 18 heavy (non-hydrogen) atoms. The number of hydrogen-bond acceptors (Lipinski definition) is 2. The quantitative estimate of drug-likeness (QED) is 0.807. The molecule has 1 atom stereocenters. The van der Waals surface area contributed by atoms with E-state index in [9.17, 15) is 14.7 Å². The average Bonchev–Trinajstić information content (AvgIpc) is 3.15. The van der Waals surface area contributed by atoms with Gasteiger partial charge in [-0.1, -0.05) is 12.8 Å². The zero-order valence-corrected chi connectivity index (χ0v) is 10.9. The van der Waals surface area contributed by atoms with Crippen molar-refractivity contribution in [1.82, 2.24) is 10.2 Å². The summed E-state index contributed by atoms with van der Waals surface area (Å²) in [4.78, 5) is 25.3. The summed E-state index contributed by atoms with van der Waals surface area (Å²) in [6.45, 7) is 3.11. The Morgan fingerprint density at radius 1 is 1.17 bits per heavy atom. The first kappa shape index (κ1) is 13.2. The number of carbonyl (C=O) groups excluding carboxylic acids is 1. The molecule has 1 saturated carbocycles. The highest BCUT2D eigenvalue weighted by atomic mass is 16.4. The number of carboxylic acid groups (broad SMARTS) is 1. The van der Waals surface area contributed by atoms with Gasteiger partial charge in [-0.2, -0.15) is 0 Å². The molecule has 0 aromatic carbocycles. The van der Waals surface area contributed by atoms with Crippen LogP contribution in [0.15, 0.2) is 0 Å². The van der Waals surface area contributed by atoms with Crippen molar-refractivity contribution in [3.05, 3.63) is 0 Å². The van der Waals surface area contributed by atoms with E-state index < -0.39 is 11.5 Å². The SMILES string of the molecule is CC(NC(=O)N1CCCCCC1)(C(=O)O)C1CC1. The van der Waals surface area contributed by atoms with Gasteiger partial charge in [0, 0.05) is 13.1 Å². The molecule has 1 unspecified atom stereocenters. The topological polar surface area (TPSA) is 69.6 Å². The molecule has 5 heteroatoms. The van der Waals surface area contributed by atoms with Crippen LogP contribution in [0.4, 0.5) is 4.79 Å². The molecule has 2 amide bonds. The number of nitrogens with zero attached hydrogens (tertiary/aromatic N) is 1. The van der Waals surface area contributed by atoms with Gasteiger partial charge in [-0.15, -0.1) is 0 Å². The predicted molar refractivity (Wildman–Crippen MR) is 67.3 cm³/mol. The molecule has 1 heterocycles. The van der Waals surface area contributed by atoms with Gasteiger partial charge in [0.25, 0.3) is 0 Å². The highest BCUT2D eigenvalue weighted by Gasteiger charge is 2.49. The summed E-state index contributed by atoms with van der Waals surface area (Å²) >= 11 is 0. The highest BCUT2D eigenvalue weighted by molar-refractivity contribution is 5.86. The van der Waals surface area contributed by atoms with Gasteiger partial charge >= 0.3 is 12.0 Å². The third-order valence-electron chi connectivity index (χ3n) is 4.10. The molecule has 5 nitrogen and oxygen atoms in total. The van der Waals surface area contributed by atoms with Gasteiger partial charge in [-0.05, 0) is 38.5 Å². The fourth-order valence-corrected chi connectivity index (χ4v) is 2.57. The van der Waals surface area contributed by atoms with Gasteiger partial charge in [-0.3, -0.25) is 0 Å². The predicted octanol–water partition coefficient (Wildman–Crippen LogP) is 1.83. The number of carbonyl (C=O) groups is 2. The second kappa shape index (κ2) is 5.16. The molecule has 102 valence electrons. The van der Waals surface area contributed by atoms with E-state index in [4.69, 9.17) is 0 Å². The fraction of sp³-hybridized carbons (Fsp3) is 0.846. The maximum absolute atomic E-state index is 12.2. The maximum Gasteiger partial charge on any atom is 0.329 e. The van der Waals surface area contributed by atoms with Crippen LogP contribution < -0.4 is 5.32 Å². The Labute approximate surface area is 108 Å². The van der Waals surface area contributed by atoms with E-state index in [1.807, 2.05) is 0 Å². The number of urea groups is 1. The lowest BCUT2D eigenvalue weighted by Gasteiger charge is -2.30. The van der Waals surface area contributed by atoms with Crippen molar-refractivity contribution >= 4 is 12.0 Å². The molecule has 0 aromatic heterocycles. The lowest BCUT2D eigenvalue weighted by Crippen LogP contribution is -2.57. The molecular weight excluding hydrogens is 232 g/mol. The molecule has 2 aliphatic rings. The minimum atomic E-state index is -1.09. The molecule has 1 aliphatic carbocycles. The monoisotopic (exact) mass is 254 g/mol. The average molecular weight is 254 g/mol. The lowest BCUT2D eigenvalue weighted by atomic mass is 9.96. The van der Waals surface area contributed by atoms with E-state index >= 15 is 0 Å². The number of nitrogens with one attached hydrogen (secondary N) is 1. The first-order valence-corrected chi connectivity index (χ1v) is 6.84. The largest absolute Gasteiger partial charge is 0.480 e. The minimum Gasteiger partial charge on any atom is -0.480 e. The first-order valence-electron chi connectivity index (χ1n) is 6.84.